The molecule has 0 aliphatic rings. The number of carboxylic acid groups (broad SMARTS) is 1. The van der Waals surface area contributed by atoms with E-state index in [-0.39, 0.29) is 6.10 Å². The predicted molar refractivity (Wildman–Crippen MR) is 67.6 cm³/mol. The van der Waals surface area contributed by atoms with Crippen molar-refractivity contribution in [3.05, 3.63) is 42.0 Å². The fraction of sp³-hybridized carbons (Fsp3) is 0.357. The van der Waals surface area contributed by atoms with Crippen LogP contribution in [0.2, 0.25) is 0 Å². The summed E-state index contributed by atoms with van der Waals surface area (Å²) in [5.41, 5.74) is 1.000. The fourth-order valence-corrected chi connectivity index (χ4v) is 1.57. The Kier molecular flexibility index (Phi) is 5.43. The van der Waals surface area contributed by atoms with E-state index in [0.29, 0.717) is 30.4 Å². The van der Waals surface area contributed by atoms with Crippen LogP contribution in [0, 0.1) is 0 Å². The van der Waals surface area contributed by atoms with E-state index in [1.807, 2.05) is 25.1 Å². The first-order chi connectivity index (χ1) is 8.15. The lowest BCUT2D eigenvalue weighted by atomic mass is 10.0. The second-order valence-electron chi connectivity index (χ2n) is 3.93. The average molecular weight is 234 g/mol. The quantitative estimate of drug-likeness (QED) is 0.744. The van der Waals surface area contributed by atoms with Gasteiger partial charge in [0.25, 0.3) is 0 Å². The van der Waals surface area contributed by atoms with Crippen LogP contribution in [0.15, 0.2) is 36.4 Å². The van der Waals surface area contributed by atoms with Crippen molar-refractivity contribution in [1.29, 1.82) is 0 Å². The molecule has 1 aromatic rings. The number of rotatable bonds is 6. The molecule has 3 nitrogen and oxygen atoms in total. The molecule has 0 aliphatic heterocycles. The first-order valence-electron chi connectivity index (χ1n) is 5.82. The maximum Gasteiger partial charge on any atom is 0.335 e. The zero-order valence-corrected chi connectivity index (χ0v) is 9.97. The molecule has 0 radical (unpaired) electrons. The smallest absolute Gasteiger partial charge is 0.335 e. The summed E-state index contributed by atoms with van der Waals surface area (Å²) in [6, 6.07) is 9.02. The van der Waals surface area contributed by atoms with E-state index in [9.17, 15) is 9.90 Å². The van der Waals surface area contributed by atoms with Crippen LogP contribution in [0.1, 0.15) is 31.7 Å². The Labute approximate surface area is 101 Å². The summed E-state index contributed by atoms with van der Waals surface area (Å²) in [6.45, 7) is 1.91. The highest BCUT2D eigenvalue weighted by atomic mass is 16.4. The second kappa shape index (κ2) is 6.86. The Balaban J connectivity index is 2.73. The van der Waals surface area contributed by atoms with E-state index in [4.69, 9.17) is 5.11 Å². The highest BCUT2D eigenvalue weighted by Gasteiger charge is 2.09. The van der Waals surface area contributed by atoms with Crippen LogP contribution >= 0.6 is 0 Å². The molecule has 3 heteroatoms. The van der Waals surface area contributed by atoms with Crippen LogP contribution in [0.5, 0.6) is 0 Å². The highest BCUT2D eigenvalue weighted by molar-refractivity contribution is 6.15. The second-order valence-corrected chi connectivity index (χ2v) is 3.93. The molecule has 1 unspecified atom stereocenters. The zero-order valence-electron chi connectivity index (χ0n) is 9.97. The number of carbonyl (C=O) groups is 1. The van der Waals surface area contributed by atoms with Gasteiger partial charge in [0.2, 0.25) is 0 Å². The molecule has 0 amide bonds. The van der Waals surface area contributed by atoms with E-state index in [0.717, 1.165) is 0 Å². The van der Waals surface area contributed by atoms with Crippen LogP contribution in [-0.4, -0.2) is 22.3 Å². The maximum absolute atomic E-state index is 11.1. The number of aliphatic hydroxyl groups excluding tert-OH is 1. The van der Waals surface area contributed by atoms with Gasteiger partial charge in [0, 0.05) is 0 Å². The van der Waals surface area contributed by atoms with Crippen LogP contribution in [-0.2, 0) is 4.79 Å². The molecular weight excluding hydrogens is 216 g/mol. The van der Waals surface area contributed by atoms with Gasteiger partial charge >= 0.3 is 5.97 Å². The topological polar surface area (TPSA) is 57.5 Å². The summed E-state index contributed by atoms with van der Waals surface area (Å²) in [6.07, 6.45) is 3.20. The normalized spacial score (nSPS) is 13.4. The van der Waals surface area contributed by atoms with Gasteiger partial charge in [-0.25, -0.2) is 4.79 Å². The van der Waals surface area contributed by atoms with Crippen LogP contribution < -0.4 is 0 Å². The largest absolute Gasteiger partial charge is 0.478 e. The van der Waals surface area contributed by atoms with Gasteiger partial charge in [-0.3, -0.25) is 0 Å². The molecule has 0 aromatic heterocycles. The Morgan fingerprint density at radius 2 is 2.00 bits per heavy atom. The molecular formula is C14H18O3. The molecule has 1 atom stereocenters. The van der Waals surface area contributed by atoms with Crippen molar-refractivity contribution in [2.24, 2.45) is 0 Å². The fourth-order valence-electron chi connectivity index (χ4n) is 1.57. The summed E-state index contributed by atoms with van der Waals surface area (Å²) in [5.74, 6) is -0.929. The lowest BCUT2D eigenvalue weighted by Gasteiger charge is -2.06. The van der Waals surface area contributed by atoms with Crippen molar-refractivity contribution in [2.75, 3.05) is 0 Å². The third kappa shape index (κ3) is 4.41. The van der Waals surface area contributed by atoms with E-state index < -0.39 is 5.97 Å². The molecule has 0 fully saturated rings. The van der Waals surface area contributed by atoms with E-state index in [1.165, 1.54) is 0 Å². The number of allylic oxidation sites excluding steroid dienone is 1. The summed E-state index contributed by atoms with van der Waals surface area (Å²) in [4.78, 5) is 11.1. The molecule has 2 N–H and O–H groups in total. The van der Waals surface area contributed by atoms with Crippen molar-refractivity contribution in [3.8, 4) is 0 Å². The Morgan fingerprint density at radius 3 is 2.53 bits per heavy atom. The standard InChI is InChI=1S/C14H18O3/c1-2-12(15)9-6-10-13(14(16)17)11-7-4-3-5-8-11/h3-5,7-8,10,12,15H,2,6,9H2,1H3,(H,16,17). The summed E-state index contributed by atoms with van der Waals surface area (Å²) >= 11 is 0. The third-order valence-corrected chi connectivity index (χ3v) is 2.63. The molecule has 92 valence electrons. The highest BCUT2D eigenvalue weighted by Crippen LogP contribution is 2.16. The first-order valence-corrected chi connectivity index (χ1v) is 5.82. The van der Waals surface area contributed by atoms with Gasteiger partial charge in [0.05, 0.1) is 11.7 Å². The molecule has 0 heterocycles. The van der Waals surface area contributed by atoms with Gasteiger partial charge in [0.15, 0.2) is 0 Å². The lowest BCUT2D eigenvalue weighted by molar-refractivity contribution is -0.130. The molecule has 17 heavy (non-hydrogen) atoms. The number of benzene rings is 1. The SMILES string of the molecule is CCC(O)CCC=C(C(=O)O)c1ccccc1. The van der Waals surface area contributed by atoms with Crippen molar-refractivity contribution in [3.63, 3.8) is 0 Å². The minimum Gasteiger partial charge on any atom is -0.478 e. The van der Waals surface area contributed by atoms with E-state index in [1.54, 1.807) is 18.2 Å². The third-order valence-electron chi connectivity index (χ3n) is 2.63. The van der Waals surface area contributed by atoms with E-state index in [2.05, 4.69) is 0 Å². The maximum atomic E-state index is 11.1. The van der Waals surface area contributed by atoms with Gasteiger partial charge in [0.1, 0.15) is 0 Å². The van der Waals surface area contributed by atoms with Crippen LogP contribution in [0.25, 0.3) is 5.57 Å². The molecule has 1 aromatic carbocycles. The van der Waals surface area contributed by atoms with Gasteiger partial charge in [-0.05, 0) is 24.8 Å². The molecule has 0 spiro atoms. The Bertz CT molecular complexity index is 382. The summed E-state index contributed by atoms with van der Waals surface area (Å²) in [7, 11) is 0. The zero-order chi connectivity index (χ0) is 12.7. The molecule has 0 saturated heterocycles. The van der Waals surface area contributed by atoms with Gasteiger partial charge < -0.3 is 10.2 Å². The first kappa shape index (κ1) is 13.5. The monoisotopic (exact) mass is 234 g/mol. The lowest BCUT2D eigenvalue weighted by Crippen LogP contribution is -2.04. The van der Waals surface area contributed by atoms with Crippen LogP contribution in [0.4, 0.5) is 0 Å². The number of aliphatic hydroxyl groups is 1. The van der Waals surface area contributed by atoms with Crippen molar-refractivity contribution >= 4 is 11.5 Å². The minimum absolute atomic E-state index is 0.300. The number of hydrogen-bond donors (Lipinski definition) is 2. The van der Waals surface area contributed by atoms with Crippen LogP contribution in [0.3, 0.4) is 0 Å². The number of aliphatic carboxylic acids is 1. The molecule has 0 bridgehead atoms. The van der Waals surface area contributed by atoms with Gasteiger partial charge in [-0.1, -0.05) is 43.3 Å². The molecule has 0 saturated carbocycles. The van der Waals surface area contributed by atoms with Crippen molar-refractivity contribution < 1.29 is 15.0 Å². The Morgan fingerprint density at radius 1 is 1.35 bits per heavy atom. The summed E-state index contributed by atoms with van der Waals surface area (Å²) < 4.78 is 0. The van der Waals surface area contributed by atoms with Crippen molar-refractivity contribution in [2.45, 2.75) is 32.3 Å². The van der Waals surface area contributed by atoms with Crippen molar-refractivity contribution in [1.82, 2.24) is 0 Å². The number of carboxylic acids is 1. The predicted octanol–water partition coefficient (Wildman–Crippen LogP) is 2.71. The molecule has 0 aliphatic carbocycles. The minimum atomic E-state index is -0.929. The Hall–Kier alpha value is -1.61. The average Bonchev–Trinajstić information content (AvgIpc) is 2.34. The van der Waals surface area contributed by atoms with E-state index >= 15 is 0 Å². The van der Waals surface area contributed by atoms with Gasteiger partial charge in [-0.15, -0.1) is 0 Å². The van der Waals surface area contributed by atoms with Gasteiger partial charge in [-0.2, -0.15) is 0 Å². The number of hydrogen-bond acceptors (Lipinski definition) is 2. The summed E-state index contributed by atoms with van der Waals surface area (Å²) in [5, 5.41) is 18.5. The molecule has 1 rings (SSSR count).